The lowest BCUT2D eigenvalue weighted by Crippen LogP contribution is -2.45. The van der Waals surface area contributed by atoms with Crippen molar-refractivity contribution >= 4 is 28.7 Å². The molecule has 0 radical (unpaired) electrons. The van der Waals surface area contributed by atoms with Crippen molar-refractivity contribution in [2.75, 3.05) is 6.54 Å². The summed E-state index contributed by atoms with van der Waals surface area (Å²) in [6, 6.07) is 13.9. The molecule has 0 aliphatic heterocycles. The number of benzene rings is 2. The first-order valence-electron chi connectivity index (χ1n) is 7.60. The van der Waals surface area contributed by atoms with E-state index in [9.17, 15) is 9.59 Å². The van der Waals surface area contributed by atoms with Gasteiger partial charge < -0.3 is 10.6 Å². The van der Waals surface area contributed by atoms with Crippen LogP contribution in [-0.4, -0.2) is 23.9 Å². The van der Waals surface area contributed by atoms with E-state index in [1.54, 1.807) is 6.08 Å². The van der Waals surface area contributed by atoms with Crippen LogP contribution in [0.2, 0.25) is 0 Å². The summed E-state index contributed by atoms with van der Waals surface area (Å²) >= 11 is 0. The van der Waals surface area contributed by atoms with Crippen molar-refractivity contribution in [2.45, 2.75) is 26.3 Å². The molecule has 0 unspecified atom stereocenters. The number of nitrogens with one attached hydrogen (secondary N) is 2. The fraction of sp³-hybridized carbons (Fsp3) is 0.263. The van der Waals surface area contributed by atoms with Crippen molar-refractivity contribution < 1.29 is 9.59 Å². The monoisotopic (exact) mass is 310 g/mol. The Kier molecular flexibility index (Phi) is 5.16. The molecule has 0 atom stereocenters. The molecule has 0 aromatic heterocycles. The molecular weight excluding hydrogens is 288 g/mol. The third-order valence-corrected chi connectivity index (χ3v) is 3.18. The SMILES string of the molecule is CC(C)(C)NC(=O)CNC(=O)/C=C/c1cccc2ccccc12. The van der Waals surface area contributed by atoms with Gasteiger partial charge >= 0.3 is 0 Å². The highest BCUT2D eigenvalue weighted by Gasteiger charge is 2.13. The first-order chi connectivity index (χ1) is 10.8. The quantitative estimate of drug-likeness (QED) is 0.853. The molecule has 2 N–H and O–H groups in total. The second-order valence-corrected chi connectivity index (χ2v) is 6.42. The number of rotatable bonds is 4. The van der Waals surface area contributed by atoms with Gasteiger partial charge in [-0.25, -0.2) is 0 Å². The van der Waals surface area contributed by atoms with Gasteiger partial charge in [0.1, 0.15) is 0 Å². The van der Waals surface area contributed by atoms with Gasteiger partial charge in [-0.05, 0) is 43.2 Å². The first-order valence-corrected chi connectivity index (χ1v) is 7.60. The molecule has 4 heteroatoms. The largest absolute Gasteiger partial charge is 0.350 e. The molecule has 2 aromatic carbocycles. The minimum absolute atomic E-state index is 0.0318. The predicted molar refractivity (Wildman–Crippen MR) is 93.9 cm³/mol. The minimum Gasteiger partial charge on any atom is -0.350 e. The van der Waals surface area contributed by atoms with Crippen molar-refractivity contribution in [1.29, 1.82) is 0 Å². The molecule has 0 saturated carbocycles. The van der Waals surface area contributed by atoms with Crippen LogP contribution >= 0.6 is 0 Å². The van der Waals surface area contributed by atoms with Crippen LogP contribution in [0.4, 0.5) is 0 Å². The van der Waals surface area contributed by atoms with Crippen LogP contribution in [0.1, 0.15) is 26.3 Å². The van der Waals surface area contributed by atoms with Crippen LogP contribution in [0.25, 0.3) is 16.8 Å². The normalized spacial score (nSPS) is 11.6. The van der Waals surface area contributed by atoms with E-state index in [2.05, 4.69) is 10.6 Å². The van der Waals surface area contributed by atoms with Gasteiger partial charge in [-0.2, -0.15) is 0 Å². The van der Waals surface area contributed by atoms with Gasteiger partial charge in [0.2, 0.25) is 11.8 Å². The Hall–Kier alpha value is -2.62. The van der Waals surface area contributed by atoms with Gasteiger partial charge in [0.25, 0.3) is 0 Å². The van der Waals surface area contributed by atoms with E-state index in [4.69, 9.17) is 0 Å². The Balaban J connectivity index is 1.97. The first kappa shape index (κ1) is 16.7. The number of carbonyl (C=O) groups excluding carboxylic acids is 2. The van der Waals surface area contributed by atoms with Crippen LogP contribution in [0.3, 0.4) is 0 Å². The highest BCUT2D eigenvalue weighted by molar-refractivity contribution is 5.97. The maximum atomic E-state index is 11.8. The third kappa shape index (κ3) is 5.25. The molecule has 0 heterocycles. The third-order valence-electron chi connectivity index (χ3n) is 3.18. The van der Waals surface area contributed by atoms with Gasteiger partial charge in [0.05, 0.1) is 6.54 Å². The average molecular weight is 310 g/mol. The summed E-state index contributed by atoms with van der Waals surface area (Å²) in [5.41, 5.74) is 0.665. The Morgan fingerprint density at radius 1 is 1.04 bits per heavy atom. The molecule has 0 bridgehead atoms. The van der Waals surface area contributed by atoms with Crippen molar-refractivity contribution in [3.05, 3.63) is 54.1 Å². The lowest BCUT2D eigenvalue weighted by Gasteiger charge is -2.20. The maximum Gasteiger partial charge on any atom is 0.244 e. The lowest BCUT2D eigenvalue weighted by molar-refractivity contribution is -0.124. The summed E-state index contributed by atoms with van der Waals surface area (Å²) in [5, 5.41) is 7.59. The Morgan fingerprint density at radius 3 is 2.48 bits per heavy atom. The molecule has 2 rings (SSSR count). The van der Waals surface area contributed by atoms with Crippen LogP contribution in [0.15, 0.2) is 48.5 Å². The summed E-state index contributed by atoms with van der Waals surface area (Å²) in [6.45, 7) is 5.66. The van der Waals surface area contributed by atoms with E-state index in [1.165, 1.54) is 6.08 Å². The van der Waals surface area contributed by atoms with Crippen molar-refractivity contribution in [3.8, 4) is 0 Å². The fourth-order valence-corrected chi connectivity index (χ4v) is 2.25. The summed E-state index contributed by atoms with van der Waals surface area (Å²) in [7, 11) is 0. The number of carbonyl (C=O) groups is 2. The van der Waals surface area contributed by atoms with Gasteiger partial charge in [-0.15, -0.1) is 0 Å². The van der Waals surface area contributed by atoms with Crippen molar-refractivity contribution in [1.82, 2.24) is 10.6 Å². The van der Waals surface area contributed by atoms with Crippen molar-refractivity contribution in [2.24, 2.45) is 0 Å². The standard InChI is InChI=1S/C19H22N2O2/c1-19(2,3)21-18(23)13-20-17(22)12-11-15-9-6-8-14-7-4-5-10-16(14)15/h4-12H,13H2,1-3H3,(H,20,22)(H,21,23)/b12-11+. The Labute approximate surface area is 136 Å². The van der Waals surface area contributed by atoms with Crippen LogP contribution in [-0.2, 0) is 9.59 Å². The van der Waals surface area contributed by atoms with E-state index in [-0.39, 0.29) is 23.9 Å². The molecule has 0 saturated heterocycles. The van der Waals surface area contributed by atoms with Crippen LogP contribution < -0.4 is 10.6 Å². The second-order valence-electron chi connectivity index (χ2n) is 6.42. The molecule has 0 aliphatic rings. The molecule has 0 fully saturated rings. The van der Waals surface area contributed by atoms with Gasteiger partial charge in [-0.3, -0.25) is 9.59 Å². The predicted octanol–water partition coefficient (Wildman–Crippen LogP) is 2.88. The van der Waals surface area contributed by atoms with Gasteiger partial charge in [0, 0.05) is 11.6 Å². The summed E-state index contributed by atoms with van der Waals surface area (Å²) in [5.74, 6) is -0.494. The zero-order valence-electron chi connectivity index (χ0n) is 13.7. The van der Waals surface area contributed by atoms with E-state index < -0.39 is 0 Å². The number of hydrogen-bond donors (Lipinski definition) is 2. The highest BCUT2D eigenvalue weighted by atomic mass is 16.2. The highest BCUT2D eigenvalue weighted by Crippen LogP contribution is 2.19. The van der Waals surface area contributed by atoms with E-state index in [1.807, 2.05) is 63.2 Å². The van der Waals surface area contributed by atoms with Crippen LogP contribution in [0, 0.1) is 0 Å². The molecule has 0 aliphatic carbocycles. The number of fused-ring (bicyclic) bond motifs is 1. The zero-order valence-corrected chi connectivity index (χ0v) is 13.7. The molecule has 2 amide bonds. The number of amides is 2. The summed E-state index contributed by atoms with van der Waals surface area (Å²) in [4.78, 5) is 23.5. The minimum atomic E-state index is -0.305. The Morgan fingerprint density at radius 2 is 1.74 bits per heavy atom. The average Bonchev–Trinajstić information content (AvgIpc) is 2.49. The topological polar surface area (TPSA) is 58.2 Å². The molecule has 0 spiro atoms. The lowest BCUT2D eigenvalue weighted by atomic mass is 10.0. The van der Waals surface area contributed by atoms with Crippen LogP contribution in [0.5, 0.6) is 0 Å². The molecule has 23 heavy (non-hydrogen) atoms. The van der Waals surface area contributed by atoms with E-state index >= 15 is 0 Å². The zero-order chi connectivity index (χ0) is 16.9. The molecule has 2 aromatic rings. The maximum absolute atomic E-state index is 11.8. The molecule has 120 valence electrons. The number of hydrogen-bond acceptors (Lipinski definition) is 2. The van der Waals surface area contributed by atoms with Crippen molar-refractivity contribution in [3.63, 3.8) is 0 Å². The van der Waals surface area contributed by atoms with E-state index in [0.29, 0.717) is 0 Å². The van der Waals surface area contributed by atoms with Gasteiger partial charge in [0.15, 0.2) is 0 Å². The Bertz CT molecular complexity index is 737. The van der Waals surface area contributed by atoms with Gasteiger partial charge in [-0.1, -0.05) is 42.5 Å². The smallest absolute Gasteiger partial charge is 0.244 e. The summed E-state index contributed by atoms with van der Waals surface area (Å²) < 4.78 is 0. The fourth-order valence-electron chi connectivity index (χ4n) is 2.25. The molecular formula is C19H22N2O2. The van der Waals surface area contributed by atoms with E-state index in [0.717, 1.165) is 16.3 Å². The second kappa shape index (κ2) is 7.09. The molecule has 4 nitrogen and oxygen atoms in total. The summed E-state index contributed by atoms with van der Waals surface area (Å²) in [6.07, 6.45) is 3.21.